The number of amides is 2. The molecule has 1 aromatic rings. The fourth-order valence-corrected chi connectivity index (χ4v) is 11.5. The van der Waals surface area contributed by atoms with Gasteiger partial charge in [-0.05, 0) is 50.9 Å². The number of aromatic nitrogens is 1. The summed E-state index contributed by atoms with van der Waals surface area (Å²) in [5.74, 6) is -0.676. The first-order chi connectivity index (χ1) is 10.7. The third-order valence-electron chi connectivity index (χ3n) is 5.07. The van der Waals surface area contributed by atoms with Gasteiger partial charge in [-0.1, -0.05) is 41.5 Å². The summed E-state index contributed by atoms with van der Waals surface area (Å²) in [6.45, 7) is 13.7. The van der Waals surface area contributed by atoms with Crippen LogP contribution in [0.15, 0.2) is 22.8 Å². The number of halogens is 1. The highest BCUT2D eigenvalue weighted by atomic mass is 79.9. The van der Waals surface area contributed by atoms with Crippen LogP contribution in [0.25, 0.3) is 5.57 Å². The maximum absolute atomic E-state index is 12.3. The van der Waals surface area contributed by atoms with Crippen LogP contribution in [-0.2, 0) is 9.59 Å². The molecule has 126 valence electrons. The van der Waals surface area contributed by atoms with Crippen molar-refractivity contribution >= 4 is 41.6 Å². The van der Waals surface area contributed by atoms with Gasteiger partial charge in [0.15, 0.2) is 8.24 Å². The van der Waals surface area contributed by atoms with Crippen molar-refractivity contribution in [3.8, 4) is 0 Å². The largest absolute Gasteiger partial charge is 0.373 e. The predicted molar refractivity (Wildman–Crippen MR) is 99.9 cm³/mol. The maximum Gasteiger partial charge on any atom is 0.266 e. The number of hydrogen-bond donors (Lipinski definition) is 1. The Balaban J connectivity index is 2.74. The van der Waals surface area contributed by atoms with Gasteiger partial charge >= 0.3 is 0 Å². The molecule has 1 aliphatic rings. The second-order valence-electron chi connectivity index (χ2n) is 7.09. The van der Waals surface area contributed by atoms with E-state index in [2.05, 4.69) is 73.2 Å². The summed E-state index contributed by atoms with van der Waals surface area (Å²) < 4.78 is 2.67. The molecule has 0 unspecified atom stereocenters. The molecule has 2 amide bonds. The summed E-state index contributed by atoms with van der Waals surface area (Å²) in [6.07, 6.45) is 2.09. The molecule has 0 atom stereocenters. The molecule has 2 heterocycles. The number of carbonyl (C=O) groups excluding carboxylic acids is 2. The first-order valence-electron chi connectivity index (χ1n) is 8.09. The average molecular weight is 397 g/mol. The van der Waals surface area contributed by atoms with E-state index in [4.69, 9.17) is 0 Å². The standard InChI is InChI=1S/C17H25BrN2O2Si/c1-10(2)23(11(3)4,12(5)6)20-9-7-8-13(20)14-15(18)17(22)19-16(14)21/h7-12H,1-6H3,(H,19,21,22). The molecular formula is C17H25BrN2O2Si. The van der Waals surface area contributed by atoms with Crippen molar-refractivity contribution in [2.24, 2.45) is 0 Å². The van der Waals surface area contributed by atoms with E-state index < -0.39 is 8.24 Å². The van der Waals surface area contributed by atoms with Crippen LogP contribution in [-0.4, -0.2) is 24.3 Å². The van der Waals surface area contributed by atoms with Gasteiger partial charge in [-0.3, -0.25) is 14.9 Å². The molecule has 0 aromatic carbocycles. The van der Waals surface area contributed by atoms with Crippen LogP contribution in [0.5, 0.6) is 0 Å². The van der Waals surface area contributed by atoms with Gasteiger partial charge in [-0.25, -0.2) is 0 Å². The van der Waals surface area contributed by atoms with Crippen LogP contribution in [0.1, 0.15) is 47.2 Å². The van der Waals surface area contributed by atoms with Crippen LogP contribution < -0.4 is 5.32 Å². The van der Waals surface area contributed by atoms with Gasteiger partial charge in [-0.15, -0.1) is 0 Å². The maximum atomic E-state index is 12.3. The van der Waals surface area contributed by atoms with Crippen molar-refractivity contribution in [1.29, 1.82) is 0 Å². The zero-order chi connectivity index (χ0) is 17.5. The van der Waals surface area contributed by atoms with Crippen LogP contribution in [0.4, 0.5) is 0 Å². The van der Waals surface area contributed by atoms with E-state index >= 15 is 0 Å². The quantitative estimate of drug-likeness (QED) is 0.596. The third kappa shape index (κ3) is 2.65. The first kappa shape index (κ1) is 18.2. The van der Waals surface area contributed by atoms with E-state index in [0.717, 1.165) is 5.69 Å². The normalized spacial score (nSPS) is 16.3. The molecule has 0 fully saturated rings. The number of rotatable bonds is 5. The van der Waals surface area contributed by atoms with Gasteiger partial charge in [0.25, 0.3) is 11.8 Å². The summed E-state index contributed by atoms with van der Waals surface area (Å²) in [6, 6.07) is 3.93. The van der Waals surface area contributed by atoms with E-state index in [0.29, 0.717) is 26.7 Å². The van der Waals surface area contributed by atoms with E-state index in [-0.39, 0.29) is 11.8 Å². The van der Waals surface area contributed by atoms with Gasteiger partial charge in [0.05, 0.1) is 10.1 Å². The van der Waals surface area contributed by atoms with Gasteiger partial charge in [-0.2, -0.15) is 0 Å². The van der Waals surface area contributed by atoms with Crippen molar-refractivity contribution in [3.05, 3.63) is 28.5 Å². The molecular weight excluding hydrogens is 372 g/mol. The van der Waals surface area contributed by atoms with Crippen molar-refractivity contribution in [1.82, 2.24) is 9.55 Å². The minimum Gasteiger partial charge on any atom is -0.373 e. The molecule has 0 bridgehead atoms. The summed E-state index contributed by atoms with van der Waals surface area (Å²) in [5, 5.41) is 2.37. The highest BCUT2D eigenvalue weighted by molar-refractivity contribution is 9.12. The summed E-state index contributed by atoms with van der Waals surface area (Å²) in [5.41, 5.74) is 2.83. The molecule has 4 nitrogen and oxygen atoms in total. The minimum atomic E-state index is -1.97. The average Bonchev–Trinajstić information content (AvgIpc) is 2.95. The molecule has 0 saturated heterocycles. The predicted octanol–water partition coefficient (Wildman–Crippen LogP) is 4.27. The zero-order valence-electron chi connectivity index (χ0n) is 14.6. The first-order valence-corrected chi connectivity index (χ1v) is 11.1. The summed E-state index contributed by atoms with van der Waals surface area (Å²) in [4.78, 5) is 24.1. The Labute approximate surface area is 147 Å². The Morgan fingerprint density at radius 3 is 1.91 bits per heavy atom. The molecule has 0 aliphatic carbocycles. The number of nitrogens with one attached hydrogen (secondary N) is 1. The monoisotopic (exact) mass is 396 g/mol. The SMILES string of the molecule is CC(C)[Si](C(C)C)(C(C)C)n1cccc1C1=C(Br)C(=O)NC1=O. The highest BCUT2D eigenvalue weighted by Crippen LogP contribution is 2.44. The molecule has 1 aliphatic heterocycles. The molecule has 23 heavy (non-hydrogen) atoms. The van der Waals surface area contributed by atoms with Gasteiger partial charge in [0.1, 0.15) is 0 Å². The van der Waals surface area contributed by atoms with Crippen molar-refractivity contribution < 1.29 is 9.59 Å². The third-order valence-corrected chi connectivity index (χ3v) is 12.6. The van der Waals surface area contributed by atoms with Crippen LogP contribution >= 0.6 is 15.9 Å². The van der Waals surface area contributed by atoms with Gasteiger partial charge in [0, 0.05) is 5.69 Å². The second-order valence-corrected chi connectivity index (χ2v) is 13.6. The minimum absolute atomic E-state index is 0.319. The van der Waals surface area contributed by atoms with Crippen molar-refractivity contribution in [2.75, 3.05) is 0 Å². The van der Waals surface area contributed by atoms with Gasteiger partial charge in [0.2, 0.25) is 0 Å². The lowest BCUT2D eigenvalue weighted by molar-refractivity contribution is -0.123. The van der Waals surface area contributed by atoms with Crippen molar-refractivity contribution in [3.63, 3.8) is 0 Å². The Morgan fingerprint density at radius 2 is 1.52 bits per heavy atom. The fourth-order valence-electron chi connectivity index (χ4n) is 4.42. The number of nitrogens with zero attached hydrogens (tertiary/aromatic N) is 1. The van der Waals surface area contributed by atoms with Crippen LogP contribution in [0.2, 0.25) is 16.6 Å². The Bertz CT molecular complexity index is 652. The zero-order valence-corrected chi connectivity index (χ0v) is 17.2. The molecule has 0 saturated carbocycles. The highest BCUT2D eigenvalue weighted by Gasteiger charge is 2.47. The van der Waals surface area contributed by atoms with Crippen LogP contribution in [0.3, 0.4) is 0 Å². The Hall–Kier alpha value is -1.14. The van der Waals surface area contributed by atoms with Gasteiger partial charge < -0.3 is 4.23 Å². The Morgan fingerprint density at radius 1 is 1.00 bits per heavy atom. The number of carbonyl (C=O) groups is 2. The van der Waals surface area contributed by atoms with Crippen molar-refractivity contribution in [2.45, 2.75) is 58.2 Å². The number of hydrogen-bond acceptors (Lipinski definition) is 2. The molecule has 2 rings (SSSR count). The smallest absolute Gasteiger partial charge is 0.266 e. The fraction of sp³-hybridized carbons (Fsp3) is 0.529. The summed E-state index contributed by atoms with van der Waals surface area (Å²) >= 11 is 3.29. The Kier molecular flexibility index (Phi) is 5.06. The van der Waals surface area contributed by atoms with Crippen LogP contribution in [0, 0.1) is 0 Å². The lowest BCUT2D eigenvalue weighted by Gasteiger charge is -2.45. The molecule has 0 radical (unpaired) electrons. The second kappa shape index (κ2) is 6.40. The molecule has 1 N–H and O–H groups in total. The molecule has 0 spiro atoms. The molecule has 6 heteroatoms. The van der Waals surface area contributed by atoms with E-state index in [9.17, 15) is 9.59 Å². The van der Waals surface area contributed by atoms with E-state index in [1.165, 1.54) is 0 Å². The lowest BCUT2D eigenvalue weighted by Crippen LogP contribution is -2.52. The van der Waals surface area contributed by atoms with E-state index in [1.807, 2.05) is 12.1 Å². The summed E-state index contributed by atoms with van der Waals surface area (Å²) in [7, 11) is -1.97. The number of imide groups is 1. The van der Waals surface area contributed by atoms with E-state index in [1.54, 1.807) is 0 Å². The topological polar surface area (TPSA) is 51.1 Å². The lowest BCUT2D eigenvalue weighted by atomic mass is 10.2. The molecule has 1 aromatic heterocycles.